The van der Waals surface area contributed by atoms with Gasteiger partial charge in [-0.25, -0.2) is 4.98 Å². The number of rotatable bonds is 5. The lowest BCUT2D eigenvalue weighted by atomic mass is 10.2. The molecule has 90 valence electrons. The van der Waals surface area contributed by atoms with E-state index >= 15 is 0 Å². The van der Waals surface area contributed by atoms with Gasteiger partial charge in [0.25, 0.3) is 0 Å². The van der Waals surface area contributed by atoms with E-state index in [2.05, 4.69) is 33.7 Å². The normalized spacial score (nSPS) is 20.8. The molecule has 1 aromatic rings. The molecule has 0 amide bonds. The molecule has 1 fully saturated rings. The minimum atomic E-state index is 0.691. The molecule has 2 heterocycles. The third-order valence-electron chi connectivity index (χ3n) is 3.33. The predicted octanol–water partition coefficient (Wildman–Crippen LogP) is 0.994. The Hall–Kier alpha value is -0.870. The van der Waals surface area contributed by atoms with Crippen LogP contribution in [0.3, 0.4) is 0 Å². The maximum Gasteiger partial charge on any atom is 0.122 e. The van der Waals surface area contributed by atoms with Gasteiger partial charge in [-0.3, -0.25) is 4.90 Å². The number of hydrogen-bond donors (Lipinski definition) is 1. The Balaban J connectivity index is 1.99. The lowest BCUT2D eigenvalue weighted by molar-refractivity contribution is 0.193. The summed E-state index contributed by atoms with van der Waals surface area (Å²) >= 11 is 0. The van der Waals surface area contributed by atoms with Gasteiger partial charge in [-0.15, -0.1) is 0 Å². The number of aromatic nitrogens is 2. The van der Waals surface area contributed by atoms with Gasteiger partial charge in [0.2, 0.25) is 0 Å². The summed E-state index contributed by atoms with van der Waals surface area (Å²) in [5.41, 5.74) is 0. The molecular weight excluding hydrogens is 200 g/mol. The maximum atomic E-state index is 4.41. The fourth-order valence-corrected chi connectivity index (χ4v) is 2.36. The summed E-state index contributed by atoms with van der Waals surface area (Å²) in [6, 6.07) is 0.691. The highest BCUT2D eigenvalue weighted by atomic mass is 15.2. The maximum absolute atomic E-state index is 4.41. The van der Waals surface area contributed by atoms with E-state index in [-0.39, 0.29) is 0 Å². The van der Waals surface area contributed by atoms with Crippen LogP contribution >= 0.6 is 0 Å². The van der Waals surface area contributed by atoms with Crippen LogP contribution in [0, 0.1) is 0 Å². The lowest BCUT2D eigenvalue weighted by Crippen LogP contribution is -2.37. The molecule has 0 aliphatic carbocycles. The van der Waals surface area contributed by atoms with E-state index in [0.29, 0.717) is 6.04 Å². The van der Waals surface area contributed by atoms with E-state index in [1.165, 1.54) is 25.2 Å². The van der Waals surface area contributed by atoms with E-state index in [0.717, 1.165) is 19.6 Å². The van der Waals surface area contributed by atoms with Crippen LogP contribution in [-0.2, 0) is 13.6 Å². The Kier molecular flexibility index (Phi) is 3.96. The molecule has 1 aliphatic rings. The predicted molar refractivity (Wildman–Crippen MR) is 65.2 cm³/mol. The van der Waals surface area contributed by atoms with Gasteiger partial charge in [-0.2, -0.15) is 0 Å². The van der Waals surface area contributed by atoms with Gasteiger partial charge in [0.05, 0.1) is 6.54 Å². The van der Waals surface area contributed by atoms with Crippen LogP contribution in [0.15, 0.2) is 12.4 Å². The third-order valence-corrected chi connectivity index (χ3v) is 3.33. The van der Waals surface area contributed by atoms with Crippen LogP contribution in [0.1, 0.15) is 25.6 Å². The molecule has 16 heavy (non-hydrogen) atoms. The van der Waals surface area contributed by atoms with Crippen LogP contribution < -0.4 is 5.32 Å². The summed E-state index contributed by atoms with van der Waals surface area (Å²) in [5, 5.41) is 3.44. The van der Waals surface area contributed by atoms with E-state index in [9.17, 15) is 0 Å². The summed E-state index contributed by atoms with van der Waals surface area (Å²) in [7, 11) is 2.07. The van der Waals surface area contributed by atoms with E-state index in [1.807, 2.05) is 12.4 Å². The Bertz CT molecular complexity index is 315. The minimum absolute atomic E-state index is 0.691. The van der Waals surface area contributed by atoms with Crippen molar-refractivity contribution in [2.45, 2.75) is 32.4 Å². The molecule has 0 radical (unpaired) electrons. The molecular formula is C12H22N4. The summed E-state index contributed by atoms with van der Waals surface area (Å²) in [6.45, 7) is 6.67. The van der Waals surface area contributed by atoms with Gasteiger partial charge in [0.1, 0.15) is 5.82 Å². The fourth-order valence-electron chi connectivity index (χ4n) is 2.36. The van der Waals surface area contributed by atoms with E-state index in [1.54, 1.807) is 0 Å². The van der Waals surface area contributed by atoms with Crippen LogP contribution in [0.25, 0.3) is 0 Å². The molecule has 1 aliphatic heterocycles. The van der Waals surface area contributed by atoms with Crippen LogP contribution in [0.2, 0.25) is 0 Å². The molecule has 1 atom stereocenters. The van der Waals surface area contributed by atoms with Crippen molar-refractivity contribution in [3.63, 3.8) is 0 Å². The molecule has 1 saturated heterocycles. The Morgan fingerprint density at radius 1 is 1.62 bits per heavy atom. The number of nitrogens with zero attached hydrogens (tertiary/aromatic N) is 3. The molecule has 2 rings (SSSR count). The molecule has 0 aromatic carbocycles. The quantitative estimate of drug-likeness (QED) is 0.806. The first-order valence-electron chi connectivity index (χ1n) is 6.22. The second kappa shape index (κ2) is 5.46. The molecule has 0 spiro atoms. The van der Waals surface area contributed by atoms with Crippen molar-refractivity contribution in [2.75, 3.05) is 19.6 Å². The highest BCUT2D eigenvalue weighted by molar-refractivity contribution is 4.93. The zero-order valence-electron chi connectivity index (χ0n) is 10.3. The smallest absolute Gasteiger partial charge is 0.122 e. The highest BCUT2D eigenvalue weighted by Gasteiger charge is 2.22. The van der Waals surface area contributed by atoms with Gasteiger partial charge in [-0.05, 0) is 25.9 Å². The summed E-state index contributed by atoms with van der Waals surface area (Å²) in [6.07, 6.45) is 6.38. The highest BCUT2D eigenvalue weighted by Crippen LogP contribution is 2.12. The molecule has 1 aromatic heterocycles. The molecule has 0 saturated carbocycles. The van der Waals surface area contributed by atoms with Crippen molar-refractivity contribution in [1.82, 2.24) is 19.8 Å². The zero-order chi connectivity index (χ0) is 11.4. The van der Waals surface area contributed by atoms with Crippen LogP contribution in [0.4, 0.5) is 0 Å². The summed E-state index contributed by atoms with van der Waals surface area (Å²) in [4.78, 5) is 6.97. The number of imidazole rings is 1. The summed E-state index contributed by atoms with van der Waals surface area (Å²) < 4.78 is 2.12. The molecule has 1 N–H and O–H groups in total. The van der Waals surface area contributed by atoms with Gasteiger partial charge in [-0.1, -0.05) is 6.92 Å². The van der Waals surface area contributed by atoms with E-state index < -0.39 is 0 Å². The first-order chi connectivity index (χ1) is 7.81. The monoisotopic (exact) mass is 222 g/mol. The number of aryl methyl sites for hydroxylation is 1. The molecule has 1 unspecified atom stereocenters. The summed E-state index contributed by atoms with van der Waals surface area (Å²) in [5.74, 6) is 1.17. The largest absolute Gasteiger partial charge is 0.337 e. The Labute approximate surface area is 97.7 Å². The van der Waals surface area contributed by atoms with Crippen molar-refractivity contribution in [3.05, 3.63) is 18.2 Å². The molecule has 4 heteroatoms. The SMILES string of the molecule is CCCN(Cc1nccn1C)C1CCNC1. The number of nitrogens with one attached hydrogen (secondary N) is 1. The topological polar surface area (TPSA) is 33.1 Å². The molecule has 4 nitrogen and oxygen atoms in total. The minimum Gasteiger partial charge on any atom is -0.337 e. The van der Waals surface area contributed by atoms with Gasteiger partial charge < -0.3 is 9.88 Å². The second-order valence-corrected chi connectivity index (χ2v) is 4.57. The van der Waals surface area contributed by atoms with Crippen molar-refractivity contribution in [1.29, 1.82) is 0 Å². The first kappa shape index (κ1) is 11.6. The zero-order valence-corrected chi connectivity index (χ0v) is 10.3. The van der Waals surface area contributed by atoms with E-state index in [4.69, 9.17) is 0 Å². The average molecular weight is 222 g/mol. The third kappa shape index (κ3) is 2.62. The van der Waals surface area contributed by atoms with Gasteiger partial charge in [0, 0.05) is 32.0 Å². The van der Waals surface area contributed by atoms with Crippen molar-refractivity contribution in [3.8, 4) is 0 Å². The second-order valence-electron chi connectivity index (χ2n) is 4.57. The Morgan fingerprint density at radius 2 is 2.50 bits per heavy atom. The van der Waals surface area contributed by atoms with Crippen molar-refractivity contribution < 1.29 is 0 Å². The van der Waals surface area contributed by atoms with Crippen LogP contribution in [0.5, 0.6) is 0 Å². The first-order valence-corrected chi connectivity index (χ1v) is 6.22. The standard InChI is InChI=1S/C12H22N4/c1-3-7-16(11-4-5-13-9-11)10-12-14-6-8-15(12)2/h6,8,11,13H,3-5,7,9-10H2,1-2H3. The van der Waals surface area contributed by atoms with Gasteiger partial charge >= 0.3 is 0 Å². The average Bonchev–Trinajstić information content (AvgIpc) is 2.90. The number of hydrogen-bond acceptors (Lipinski definition) is 3. The van der Waals surface area contributed by atoms with Crippen LogP contribution in [-0.4, -0.2) is 40.1 Å². The fraction of sp³-hybridized carbons (Fsp3) is 0.750. The molecule has 0 bridgehead atoms. The van der Waals surface area contributed by atoms with Crippen molar-refractivity contribution >= 4 is 0 Å². The van der Waals surface area contributed by atoms with Gasteiger partial charge in [0.15, 0.2) is 0 Å². The van der Waals surface area contributed by atoms with Crippen molar-refractivity contribution in [2.24, 2.45) is 7.05 Å². The Morgan fingerprint density at radius 3 is 3.06 bits per heavy atom. The lowest BCUT2D eigenvalue weighted by Gasteiger charge is -2.27.